The van der Waals surface area contributed by atoms with Crippen LogP contribution in [0.4, 0.5) is 8.78 Å². The van der Waals surface area contributed by atoms with E-state index in [-0.39, 0.29) is 21.3 Å². The van der Waals surface area contributed by atoms with Gasteiger partial charge in [0.15, 0.2) is 0 Å². The first-order chi connectivity index (χ1) is 24.2. The van der Waals surface area contributed by atoms with Crippen LogP contribution in [0.5, 0.6) is 11.5 Å². The van der Waals surface area contributed by atoms with Gasteiger partial charge in [-0.1, -0.05) is 84.9 Å². The molecule has 0 heterocycles. The molecular formula is C41H32F2O6S2. The molecule has 0 saturated heterocycles. The number of rotatable bonds is 8. The van der Waals surface area contributed by atoms with Gasteiger partial charge in [-0.2, -0.15) is 16.8 Å². The van der Waals surface area contributed by atoms with E-state index in [0.717, 1.165) is 57.6 Å². The van der Waals surface area contributed by atoms with E-state index in [0.29, 0.717) is 22.3 Å². The van der Waals surface area contributed by atoms with E-state index in [1.165, 1.54) is 24.3 Å². The summed E-state index contributed by atoms with van der Waals surface area (Å²) in [6.45, 7) is 7.05. The SMILES string of the molecule is Cc1cc(C2(c3cc(C)c(OS(=O)(=O)c4cccc(F)c4)c(C)c3)c3ccccc3-c3ccccc32)cc(C)c1OS(=O)(=O)c1cccc(F)c1. The third-order valence-electron chi connectivity index (χ3n) is 9.29. The van der Waals surface area contributed by atoms with Gasteiger partial charge >= 0.3 is 20.2 Å². The van der Waals surface area contributed by atoms with Crippen LogP contribution in [-0.2, 0) is 25.7 Å². The summed E-state index contributed by atoms with van der Waals surface area (Å²) in [5.41, 5.74) is 6.87. The monoisotopic (exact) mass is 722 g/mol. The minimum atomic E-state index is -4.35. The van der Waals surface area contributed by atoms with Crippen molar-refractivity contribution in [1.29, 1.82) is 0 Å². The Morgan fingerprint density at radius 2 is 0.824 bits per heavy atom. The molecule has 6 aromatic rings. The third kappa shape index (κ3) is 5.78. The maximum absolute atomic E-state index is 14.0. The fourth-order valence-electron chi connectivity index (χ4n) is 7.18. The molecule has 0 unspecified atom stereocenters. The van der Waals surface area contributed by atoms with E-state index < -0.39 is 37.3 Å². The molecule has 6 nitrogen and oxygen atoms in total. The van der Waals surface area contributed by atoms with Gasteiger partial charge in [0.25, 0.3) is 0 Å². The Bertz CT molecular complexity index is 2370. The summed E-state index contributed by atoms with van der Waals surface area (Å²) in [5.74, 6) is -1.12. The van der Waals surface area contributed by atoms with Crippen molar-refractivity contribution in [2.75, 3.05) is 0 Å². The van der Waals surface area contributed by atoms with Crippen LogP contribution in [0.15, 0.2) is 131 Å². The maximum atomic E-state index is 14.0. The number of halogens is 2. The lowest BCUT2D eigenvalue weighted by atomic mass is 9.66. The van der Waals surface area contributed by atoms with E-state index in [1.54, 1.807) is 27.7 Å². The molecule has 6 aromatic carbocycles. The Kier molecular flexibility index (Phi) is 8.35. The van der Waals surface area contributed by atoms with Crippen LogP contribution in [0.2, 0.25) is 0 Å². The predicted octanol–water partition coefficient (Wildman–Crippen LogP) is 9.10. The second-order valence-electron chi connectivity index (χ2n) is 12.7. The zero-order valence-electron chi connectivity index (χ0n) is 28.1. The number of fused-ring (bicyclic) bond motifs is 3. The summed E-state index contributed by atoms with van der Waals surface area (Å²) in [4.78, 5) is -0.596. The third-order valence-corrected chi connectivity index (χ3v) is 11.7. The van der Waals surface area contributed by atoms with E-state index in [2.05, 4.69) is 24.3 Å². The molecule has 0 amide bonds. The van der Waals surface area contributed by atoms with Gasteiger partial charge in [-0.25, -0.2) is 8.78 Å². The van der Waals surface area contributed by atoms with Crippen molar-refractivity contribution in [3.8, 4) is 22.6 Å². The lowest BCUT2D eigenvalue weighted by Crippen LogP contribution is -2.29. The zero-order chi connectivity index (χ0) is 36.3. The highest BCUT2D eigenvalue weighted by molar-refractivity contribution is 7.87. The summed E-state index contributed by atoms with van der Waals surface area (Å²) in [7, 11) is -8.71. The number of benzene rings is 6. The Balaban J connectivity index is 1.42. The predicted molar refractivity (Wildman–Crippen MR) is 191 cm³/mol. The van der Waals surface area contributed by atoms with Crippen LogP contribution in [0.3, 0.4) is 0 Å². The summed E-state index contributed by atoms with van der Waals surface area (Å²) in [5, 5.41) is 0. The molecule has 0 saturated carbocycles. The lowest BCUT2D eigenvalue weighted by molar-refractivity contribution is 0.479. The second kappa shape index (κ2) is 12.5. The molecule has 10 heteroatoms. The Morgan fingerprint density at radius 1 is 0.471 bits per heavy atom. The van der Waals surface area contributed by atoms with E-state index in [4.69, 9.17) is 8.37 Å². The molecule has 0 spiro atoms. The fraction of sp³-hybridized carbons (Fsp3) is 0.122. The van der Waals surface area contributed by atoms with Crippen LogP contribution in [0.1, 0.15) is 44.5 Å². The highest BCUT2D eigenvalue weighted by Crippen LogP contribution is 2.57. The minimum absolute atomic E-state index is 0.136. The largest absolute Gasteiger partial charge is 0.378 e. The molecule has 0 radical (unpaired) electrons. The van der Waals surface area contributed by atoms with Gasteiger partial charge in [-0.3, -0.25) is 0 Å². The highest BCUT2D eigenvalue weighted by atomic mass is 32.2. The Hall–Kier alpha value is -5.32. The first-order valence-electron chi connectivity index (χ1n) is 16.1. The van der Waals surface area contributed by atoms with E-state index in [1.807, 2.05) is 48.5 Å². The molecule has 1 aliphatic rings. The first-order valence-corrected chi connectivity index (χ1v) is 18.9. The molecule has 0 aliphatic heterocycles. The number of hydrogen-bond donors (Lipinski definition) is 0. The average Bonchev–Trinajstić information content (AvgIpc) is 3.39. The zero-order valence-corrected chi connectivity index (χ0v) is 29.7. The quantitative estimate of drug-likeness (QED) is 0.146. The van der Waals surface area contributed by atoms with Crippen molar-refractivity contribution in [2.24, 2.45) is 0 Å². The summed E-state index contributed by atoms with van der Waals surface area (Å²) in [6.07, 6.45) is 0. The molecule has 0 aromatic heterocycles. The molecule has 1 aliphatic carbocycles. The van der Waals surface area contributed by atoms with Crippen LogP contribution in [0, 0.1) is 39.3 Å². The molecule has 258 valence electrons. The van der Waals surface area contributed by atoms with Crippen LogP contribution < -0.4 is 8.37 Å². The molecule has 0 bridgehead atoms. The van der Waals surface area contributed by atoms with Crippen LogP contribution >= 0.6 is 0 Å². The van der Waals surface area contributed by atoms with Crippen molar-refractivity contribution < 1.29 is 34.0 Å². The Labute approximate surface area is 296 Å². The minimum Gasteiger partial charge on any atom is -0.378 e. The molecular weight excluding hydrogens is 691 g/mol. The summed E-state index contributed by atoms with van der Waals surface area (Å²) in [6, 6.07) is 33.0. The summed E-state index contributed by atoms with van der Waals surface area (Å²) < 4.78 is 92.3. The molecule has 0 atom stereocenters. The van der Waals surface area contributed by atoms with Gasteiger partial charge < -0.3 is 8.37 Å². The van der Waals surface area contributed by atoms with Crippen molar-refractivity contribution in [3.05, 3.63) is 177 Å². The van der Waals surface area contributed by atoms with Gasteiger partial charge in [0.1, 0.15) is 32.9 Å². The first kappa shape index (κ1) is 34.1. The molecule has 7 rings (SSSR count). The molecule has 51 heavy (non-hydrogen) atoms. The standard InChI is InChI=1S/C41H32F2O6S2/c1-25-19-29(20-26(2)39(25)48-50(44,45)33-13-9-11-31(42)23-33)41(37-17-7-5-15-35(37)36-16-6-8-18-38(36)41)30-21-27(3)40(28(4)22-30)49-51(46,47)34-14-10-12-32(43)24-34/h5-24H,1-4H3. The van der Waals surface area contributed by atoms with Crippen molar-refractivity contribution >= 4 is 20.2 Å². The normalized spacial score (nSPS) is 13.4. The lowest BCUT2D eigenvalue weighted by Gasteiger charge is -2.35. The molecule has 0 N–H and O–H groups in total. The number of aryl methyl sites for hydroxylation is 4. The molecule has 0 fully saturated rings. The fourth-order valence-corrected chi connectivity index (χ4v) is 9.34. The second-order valence-corrected chi connectivity index (χ2v) is 15.8. The van der Waals surface area contributed by atoms with E-state index >= 15 is 0 Å². The summed E-state index contributed by atoms with van der Waals surface area (Å²) >= 11 is 0. The Morgan fingerprint density at radius 3 is 1.18 bits per heavy atom. The van der Waals surface area contributed by atoms with Crippen molar-refractivity contribution in [1.82, 2.24) is 0 Å². The van der Waals surface area contributed by atoms with Crippen molar-refractivity contribution in [3.63, 3.8) is 0 Å². The van der Waals surface area contributed by atoms with Crippen LogP contribution in [-0.4, -0.2) is 16.8 Å². The van der Waals surface area contributed by atoms with Gasteiger partial charge in [0, 0.05) is 0 Å². The number of hydrogen-bond acceptors (Lipinski definition) is 6. The average molecular weight is 723 g/mol. The highest BCUT2D eigenvalue weighted by Gasteiger charge is 2.47. The van der Waals surface area contributed by atoms with Crippen LogP contribution in [0.25, 0.3) is 11.1 Å². The maximum Gasteiger partial charge on any atom is 0.339 e. The van der Waals surface area contributed by atoms with E-state index in [9.17, 15) is 25.6 Å². The van der Waals surface area contributed by atoms with Gasteiger partial charge in [0.2, 0.25) is 0 Å². The van der Waals surface area contributed by atoms with Gasteiger partial charge in [-0.15, -0.1) is 0 Å². The smallest absolute Gasteiger partial charge is 0.339 e. The van der Waals surface area contributed by atoms with Gasteiger partial charge in [-0.05, 0) is 120 Å². The topological polar surface area (TPSA) is 86.7 Å². The van der Waals surface area contributed by atoms with Crippen molar-refractivity contribution in [2.45, 2.75) is 42.9 Å². The van der Waals surface area contributed by atoms with Gasteiger partial charge in [0.05, 0.1) is 5.41 Å².